The van der Waals surface area contributed by atoms with E-state index in [0.717, 1.165) is 0 Å². The van der Waals surface area contributed by atoms with E-state index >= 15 is 0 Å². The quantitative estimate of drug-likeness (QED) is 0.109. The monoisotopic (exact) mass is 524 g/mol. The van der Waals surface area contributed by atoms with Gasteiger partial charge in [-0.1, -0.05) is 71.7 Å². The van der Waals surface area contributed by atoms with Crippen molar-refractivity contribution in [1.82, 2.24) is 0 Å². The second-order valence-corrected chi connectivity index (χ2v) is 8.05. The van der Waals surface area contributed by atoms with E-state index in [1.807, 2.05) is 0 Å². The van der Waals surface area contributed by atoms with E-state index in [-0.39, 0.29) is 55.2 Å². The van der Waals surface area contributed by atoms with E-state index in [2.05, 4.69) is 0 Å². The first kappa shape index (κ1) is 24.6. The zero-order valence-corrected chi connectivity index (χ0v) is 19.6. The number of nitrogens with zero attached hydrogens (tertiary/aromatic N) is 2. The maximum atomic E-state index is 12.9. The van der Waals surface area contributed by atoms with Crippen molar-refractivity contribution in [1.29, 1.82) is 0 Å². The first-order chi connectivity index (χ1) is 17.3. The van der Waals surface area contributed by atoms with Gasteiger partial charge < -0.3 is 9.47 Å². The molecule has 0 atom stereocenters. The third-order valence-corrected chi connectivity index (χ3v) is 5.68. The highest BCUT2D eigenvalue weighted by atomic mass is 35.5. The first-order valence-corrected chi connectivity index (χ1v) is 11.0. The highest BCUT2D eigenvalue weighted by Gasteiger charge is 2.25. The topological polar surface area (TPSA) is 122 Å². The second kappa shape index (κ2) is 10.4. The van der Waals surface area contributed by atoms with Gasteiger partial charge in [0.2, 0.25) is 0 Å². The van der Waals surface area contributed by atoms with Crippen molar-refractivity contribution in [3.63, 3.8) is 0 Å². The average Bonchev–Trinajstić information content (AvgIpc) is 2.86. The van der Waals surface area contributed by atoms with Gasteiger partial charge in [0.05, 0.1) is 31.0 Å². The Balaban J connectivity index is 1.73. The Morgan fingerprint density at radius 3 is 1.33 bits per heavy atom. The first-order valence-electron chi connectivity index (χ1n) is 10.2. The van der Waals surface area contributed by atoms with E-state index in [1.165, 1.54) is 60.7 Å². The van der Waals surface area contributed by atoms with Gasteiger partial charge in [0, 0.05) is 23.3 Å². The number of para-hydroxylation sites is 4. The minimum atomic E-state index is -1.25. The maximum Gasteiger partial charge on any atom is 0.519 e. The Labute approximate surface area is 213 Å². The minimum absolute atomic E-state index is 0.000630. The third kappa shape index (κ3) is 4.97. The number of ether oxygens (including phenoxy) is 2. The lowest BCUT2D eigenvalue weighted by atomic mass is 10.0. The number of halogens is 2. The Kier molecular flexibility index (Phi) is 7.14. The van der Waals surface area contributed by atoms with Gasteiger partial charge in [0.1, 0.15) is 0 Å². The molecule has 0 heterocycles. The van der Waals surface area contributed by atoms with Crippen LogP contribution in [0.25, 0.3) is 22.3 Å². The van der Waals surface area contributed by atoms with E-state index < -0.39 is 16.0 Å². The van der Waals surface area contributed by atoms with Crippen LogP contribution in [0.2, 0.25) is 10.0 Å². The molecule has 0 spiro atoms. The van der Waals surface area contributed by atoms with Gasteiger partial charge in [0.15, 0.2) is 11.5 Å². The van der Waals surface area contributed by atoms with Crippen LogP contribution in [-0.2, 0) is 0 Å². The molecule has 0 aliphatic rings. The molecule has 0 aliphatic carbocycles. The fourth-order valence-corrected chi connectivity index (χ4v) is 3.98. The SMILES string of the molecule is O=C(Oc1c(Cl)cccc1-c1ccccc1[N+](=O)[O-])Oc1c(Cl)cccc1-c1ccccc1[N+](=O)[O-]. The lowest BCUT2D eigenvalue weighted by Crippen LogP contribution is -2.15. The van der Waals surface area contributed by atoms with Crippen molar-refractivity contribution in [3.8, 4) is 33.8 Å². The molecular formula is C25H14Cl2N2O7. The van der Waals surface area contributed by atoms with Crippen molar-refractivity contribution in [2.45, 2.75) is 0 Å². The summed E-state index contributed by atoms with van der Waals surface area (Å²) in [7, 11) is 0. The molecular weight excluding hydrogens is 511 g/mol. The molecule has 4 rings (SSSR count). The van der Waals surface area contributed by atoms with Gasteiger partial charge in [-0.05, 0) is 24.3 Å². The lowest BCUT2D eigenvalue weighted by molar-refractivity contribution is -0.384. The Morgan fingerprint density at radius 2 is 0.944 bits per heavy atom. The molecule has 0 aliphatic heterocycles. The molecule has 0 saturated heterocycles. The van der Waals surface area contributed by atoms with Crippen LogP contribution in [-0.4, -0.2) is 16.0 Å². The molecule has 4 aromatic carbocycles. The van der Waals surface area contributed by atoms with E-state index in [1.54, 1.807) is 24.3 Å². The van der Waals surface area contributed by atoms with Crippen LogP contribution >= 0.6 is 23.2 Å². The van der Waals surface area contributed by atoms with Gasteiger partial charge in [-0.25, -0.2) is 4.79 Å². The van der Waals surface area contributed by atoms with Crippen LogP contribution in [0.5, 0.6) is 11.5 Å². The van der Waals surface area contributed by atoms with Crippen LogP contribution in [0.3, 0.4) is 0 Å². The fraction of sp³-hybridized carbons (Fsp3) is 0. The molecule has 9 nitrogen and oxygen atoms in total. The molecule has 0 saturated carbocycles. The van der Waals surface area contributed by atoms with E-state index in [4.69, 9.17) is 32.7 Å². The van der Waals surface area contributed by atoms with Crippen LogP contribution < -0.4 is 9.47 Å². The van der Waals surface area contributed by atoms with Crippen molar-refractivity contribution in [2.75, 3.05) is 0 Å². The van der Waals surface area contributed by atoms with E-state index in [9.17, 15) is 25.0 Å². The Morgan fingerprint density at radius 1 is 0.583 bits per heavy atom. The minimum Gasteiger partial charge on any atom is -0.392 e. The molecule has 0 radical (unpaired) electrons. The number of hydrogen-bond donors (Lipinski definition) is 0. The van der Waals surface area contributed by atoms with Crippen LogP contribution in [0.1, 0.15) is 0 Å². The molecule has 36 heavy (non-hydrogen) atoms. The largest absolute Gasteiger partial charge is 0.519 e. The van der Waals surface area contributed by atoms with Crippen molar-refractivity contribution in [2.24, 2.45) is 0 Å². The summed E-state index contributed by atoms with van der Waals surface area (Å²) in [6, 6.07) is 20.8. The standard InChI is InChI=1S/C25H14Cl2N2O7/c26-19-11-5-9-17(15-7-1-3-13-21(15)28(31)32)23(19)35-25(30)36-24-18(10-6-12-20(24)27)16-8-2-4-14-22(16)29(33)34/h1-14H. The Hall–Kier alpha value is -4.47. The number of benzene rings is 4. The molecule has 0 aromatic heterocycles. The van der Waals surface area contributed by atoms with Crippen LogP contribution in [0.4, 0.5) is 16.2 Å². The van der Waals surface area contributed by atoms with Crippen molar-refractivity contribution < 1.29 is 24.1 Å². The summed E-state index contributed by atoms with van der Waals surface area (Å²) in [5.41, 5.74) is 0.275. The summed E-state index contributed by atoms with van der Waals surface area (Å²) in [6.07, 6.45) is -1.25. The normalized spacial score (nSPS) is 10.5. The molecule has 0 N–H and O–H groups in total. The number of rotatable bonds is 6. The molecule has 180 valence electrons. The van der Waals surface area contributed by atoms with Crippen LogP contribution in [0.15, 0.2) is 84.9 Å². The number of nitro benzene ring substituents is 2. The van der Waals surface area contributed by atoms with Crippen molar-refractivity contribution in [3.05, 3.63) is 115 Å². The van der Waals surface area contributed by atoms with Gasteiger partial charge in [-0.15, -0.1) is 0 Å². The summed E-state index contributed by atoms with van der Waals surface area (Å²) in [6.45, 7) is 0. The Bertz CT molecular complexity index is 1400. The van der Waals surface area contributed by atoms with Crippen molar-refractivity contribution >= 4 is 40.7 Å². The smallest absolute Gasteiger partial charge is 0.392 e. The fourth-order valence-electron chi connectivity index (χ4n) is 3.56. The average molecular weight is 525 g/mol. The molecule has 0 unspecified atom stereocenters. The second-order valence-electron chi connectivity index (χ2n) is 7.24. The number of carbonyl (C=O) groups is 1. The number of hydrogen-bond acceptors (Lipinski definition) is 7. The summed E-state index contributed by atoms with van der Waals surface area (Å²) >= 11 is 12.5. The molecule has 0 bridgehead atoms. The third-order valence-electron chi connectivity index (χ3n) is 5.09. The summed E-state index contributed by atoms with van der Waals surface area (Å²) < 4.78 is 10.8. The molecule has 11 heteroatoms. The maximum absolute atomic E-state index is 12.9. The zero-order chi connectivity index (χ0) is 25.8. The summed E-state index contributed by atoms with van der Waals surface area (Å²) in [5.74, 6) is -0.337. The summed E-state index contributed by atoms with van der Waals surface area (Å²) in [4.78, 5) is 34.8. The lowest BCUT2D eigenvalue weighted by Gasteiger charge is -2.14. The molecule has 4 aromatic rings. The highest BCUT2D eigenvalue weighted by Crippen LogP contribution is 2.42. The predicted molar refractivity (Wildman–Crippen MR) is 134 cm³/mol. The zero-order valence-electron chi connectivity index (χ0n) is 18.1. The van der Waals surface area contributed by atoms with Gasteiger partial charge in [0.25, 0.3) is 11.4 Å². The van der Waals surface area contributed by atoms with Gasteiger partial charge >= 0.3 is 6.16 Å². The molecule has 0 amide bonds. The van der Waals surface area contributed by atoms with Gasteiger partial charge in [-0.3, -0.25) is 20.2 Å². The number of nitro groups is 2. The predicted octanol–water partition coefficient (Wildman–Crippen LogP) is 7.72. The van der Waals surface area contributed by atoms with E-state index in [0.29, 0.717) is 0 Å². The number of carbonyl (C=O) groups excluding carboxylic acids is 1. The highest BCUT2D eigenvalue weighted by molar-refractivity contribution is 6.33. The van der Waals surface area contributed by atoms with Crippen LogP contribution in [0, 0.1) is 20.2 Å². The van der Waals surface area contributed by atoms with Gasteiger partial charge in [-0.2, -0.15) is 0 Å². The summed E-state index contributed by atoms with van der Waals surface area (Å²) in [5, 5.41) is 23.0. The molecule has 0 fully saturated rings.